The van der Waals surface area contributed by atoms with E-state index in [1.165, 1.54) is 12.1 Å². The SMILES string of the molecule is CC(C)(C)OC(=O)[C@H]1C[C@H](Cc2ccc(F)cc2)CN1. The second kappa shape index (κ2) is 5.92. The molecule has 110 valence electrons. The van der Waals surface area contributed by atoms with E-state index in [1.54, 1.807) is 12.1 Å². The van der Waals surface area contributed by atoms with Crippen LogP contribution in [0, 0.1) is 11.7 Å². The van der Waals surface area contributed by atoms with Crippen molar-refractivity contribution in [3.8, 4) is 0 Å². The van der Waals surface area contributed by atoms with Crippen molar-refractivity contribution in [1.29, 1.82) is 0 Å². The number of carbonyl (C=O) groups is 1. The fourth-order valence-electron chi connectivity index (χ4n) is 2.47. The second-order valence-corrected chi connectivity index (χ2v) is 6.43. The Morgan fingerprint density at radius 1 is 1.35 bits per heavy atom. The summed E-state index contributed by atoms with van der Waals surface area (Å²) in [5, 5.41) is 3.21. The molecule has 0 saturated carbocycles. The Kier molecular flexibility index (Phi) is 4.43. The molecule has 20 heavy (non-hydrogen) atoms. The van der Waals surface area contributed by atoms with Gasteiger partial charge in [0.05, 0.1) is 0 Å². The van der Waals surface area contributed by atoms with Crippen molar-refractivity contribution >= 4 is 5.97 Å². The molecule has 1 saturated heterocycles. The Morgan fingerprint density at radius 2 is 2.00 bits per heavy atom. The molecule has 2 rings (SSSR count). The molecule has 3 nitrogen and oxygen atoms in total. The van der Waals surface area contributed by atoms with E-state index in [-0.39, 0.29) is 17.8 Å². The highest BCUT2D eigenvalue weighted by atomic mass is 19.1. The minimum absolute atomic E-state index is 0.181. The van der Waals surface area contributed by atoms with Gasteiger partial charge in [0, 0.05) is 0 Å². The van der Waals surface area contributed by atoms with Gasteiger partial charge in [0.25, 0.3) is 0 Å². The van der Waals surface area contributed by atoms with Gasteiger partial charge in [-0.3, -0.25) is 4.79 Å². The van der Waals surface area contributed by atoms with Gasteiger partial charge in [0.2, 0.25) is 0 Å². The van der Waals surface area contributed by atoms with Crippen LogP contribution >= 0.6 is 0 Å². The van der Waals surface area contributed by atoms with Crippen LogP contribution < -0.4 is 5.32 Å². The third-order valence-corrected chi connectivity index (χ3v) is 3.35. The third-order valence-electron chi connectivity index (χ3n) is 3.35. The van der Waals surface area contributed by atoms with Crippen molar-refractivity contribution in [1.82, 2.24) is 5.32 Å². The summed E-state index contributed by atoms with van der Waals surface area (Å²) in [5.41, 5.74) is 0.649. The molecular weight excluding hydrogens is 257 g/mol. The maximum Gasteiger partial charge on any atom is 0.323 e. The van der Waals surface area contributed by atoms with Crippen molar-refractivity contribution in [3.05, 3.63) is 35.6 Å². The Labute approximate surface area is 119 Å². The zero-order valence-electron chi connectivity index (χ0n) is 12.3. The molecule has 1 aromatic carbocycles. The first kappa shape index (κ1) is 15.0. The maximum atomic E-state index is 12.9. The average molecular weight is 279 g/mol. The molecule has 0 amide bonds. The van der Waals surface area contributed by atoms with E-state index in [4.69, 9.17) is 4.74 Å². The number of hydrogen-bond donors (Lipinski definition) is 1. The van der Waals surface area contributed by atoms with Crippen LogP contribution in [0.4, 0.5) is 4.39 Å². The minimum Gasteiger partial charge on any atom is -0.459 e. The average Bonchev–Trinajstić information content (AvgIpc) is 2.79. The van der Waals surface area contributed by atoms with E-state index in [0.29, 0.717) is 5.92 Å². The molecule has 4 heteroatoms. The van der Waals surface area contributed by atoms with Gasteiger partial charge >= 0.3 is 5.97 Å². The lowest BCUT2D eigenvalue weighted by atomic mass is 9.96. The van der Waals surface area contributed by atoms with E-state index in [1.807, 2.05) is 20.8 Å². The molecule has 0 aliphatic carbocycles. The van der Waals surface area contributed by atoms with Gasteiger partial charge in [0.15, 0.2) is 0 Å². The molecule has 1 aromatic rings. The summed E-state index contributed by atoms with van der Waals surface area (Å²) in [6.07, 6.45) is 1.62. The fraction of sp³-hybridized carbons (Fsp3) is 0.562. The normalized spacial score (nSPS) is 22.8. The van der Waals surface area contributed by atoms with E-state index < -0.39 is 5.60 Å². The van der Waals surface area contributed by atoms with Gasteiger partial charge in [-0.05, 0) is 63.8 Å². The largest absolute Gasteiger partial charge is 0.459 e. The van der Waals surface area contributed by atoms with Crippen molar-refractivity contribution < 1.29 is 13.9 Å². The van der Waals surface area contributed by atoms with Crippen molar-refractivity contribution in [2.24, 2.45) is 5.92 Å². The Hall–Kier alpha value is -1.42. The molecule has 0 bridgehead atoms. The summed E-state index contributed by atoms with van der Waals surface area (Å²) < 4.78 is 18.2. The smallest absolute Gasteiger partial charge is 0.323 e. The van der Waals surface area contributed by atoms with Crippen LogP contribution in [0.3, 0.4) is 0 Å². The van der Waals surface area contributed by atoms with Crippen molar-refractivity contribution in [3.63, 3.8) is 0 Å². The number of esters is 1. The summed E-state index contributed by atoms with van der Waals surface area (Å²) in [6.45, 7) is 6.41. The van der Waals surface area contributed by atoms with Gasteiger partial charge in [-0.2, -0.15) is 0 Å². The number of rotatable bonds is 3. The van der Waals surface area contributed by atoms with Crippen LogP contribution in [0.1, 0.15) is 32.8 Å². The minimum atomic E-state index is -0.451. The van der Waals surface area contributed by atoms with Crippen LogP contribution in [0.25, 0.3) is 0 Å². The lowest BCUT2D eigenvalue weighted by Gasteiger charge is -2.22. The van der Waals surface area contributed by atoms with Gasteiger partial charge < -0.3 is 10.1 Å². The first-order valence-corrected chi connectivity index (χ1v) is 7.04. The monoisotopic (exact) mass is 279 g/mol. The highest BCUT2D eigenvalue weighted by Crippen LogP contribution is 2.21. The predicted octanol–water partition coefficient (Wildman–Crippen LogP) is 2.69. The van der Waals surface area contributed by atoms with E-state index in [2.05, 4.69) is 5.32 Å². The quantitative estimate of drug-likeness (QED) is 0.865. The lowest BCUT2D eigenvalue weighted by Crippen LogP contribution is -2.37. The Bertz CT molecular complexity index is 464. The van der Waals surface area contributed by atoms with E-state index >= 15 is 0 Å². The molecule has 1 N–H and O–H groups in total. The molecule has 0 unspecified atom stereocenters. The number of carbonyl (C=O) groups excluding carboxylic acids is 1. The zero-order valence-corrected chi connectivity index (χ0v) is 12.3. The fourth-order valence-corrected chi connectivity index (χ4v) is 2.47. The van der Waals surface area contributed by atoms with Crippen LogP contribution in [0.2, 0.25) is 0 Å². The molecule has 1 aliphatic rings. The number of ether oxygens (including phenoxy) is 1. The molecule has 2 atom stereocenters. The standard InChI is InChI=1S/C16H22FNO2/c1-16(2,3)20-15(19)14-9-12(10-18-14)8-11-4-6-13(17)7-5-11/h4-7,12,14,18H,8-10H2,1-3H3/t12-,14+/m0/s1. The van der Waals surface area contributed by atoms with Crippen molar-refractivity contribution in [2.45, 2.75) is 45.3 Å². The maximum absolute atomic E-state index is 12.9. The molecule has 1 heterocycles. The third kappa shape index (κ3) is 4.30. The topological polar surface area (TPSA) is 38.3 Å². The van der Waals surface area contributed by atoms with Crippen LogP contribution in [0.15, 0.2) is 24.3 Å². The van der Waals surface area contributed by atoms with Crippen molar-refractivity contribution in [2.75, 3.05) is 6.54 Å². The Morgan fingerprint density at radius 3 is 2.60 bits per heavy atom. The lowest BCUT2D eigenvalue weighted by molar-refractivity contribution is -0.157. The predicted molar refractivity (Wildman–Crippen MR) is 75.8 cm³/mol. The van der Waals surface area contributed by atoms with E-state index in [0.717, 1.165) is 24.9 Å². The highest BCUT2D eigenvalue weighted by molar-refractivity contribution is 5.76. The first-order valence-electron chi connectivity index (χ1n) is 7.04. The summed E-state index contributed by atoms with van der Waals surface area (Å²) in [4.78, 5) is 12.0. The number of benzene rings is 1. The number of nitrogens with one attached hydrogen (secondary N) is 1. The molecule has 1 fully saturated rings. The van der Waals surface area contributed by atoms with Gasteiger partial charge in [-0.15, -0.1) is 0 Å². The second-order valence-electron chi connectivity index (χ2n) is 6.43. The van der Waals surface area contributed by atoms with Crippen LogP contribution in [-0.4, -0.2) is 24.2 Å². The number of hydrogen-bond acceptors (Lipinski definition) is 3. The van der Waals surface area contributed by atoms with Gasteiger partial charge in [0.1, 0.15) is 17.5 Å². The molecular formula is C16H22FNO2. The summed E-state index contributed by atoms with van der Waals surface area (Å²) >= 11 is 0. The van der Waals surface area contributed by atoms with Gasteiger partial charge in [-0.25, -0.2) is 4.39 Å². The number of halogens is 1. The van der Waals surface area contributed by atoms with Crippen LogP contribution in [-0.2, 0) is 16.0 Å². The highest BCUT2D eigenvalue weighted by Gasteiger charge is 2.32. The summed E-state index contributed by atoms with van der Waals surface area (Å²) in [7, 11) is 0. The molecule has 1 aliphatic heterocycles. The Balaban J connectivity index is 1.86. The first-order chi connectivity index (χ1) is 9.33. The molecule has 0 radical (unpaired) electrons. The molecule has 0 aromatic heterocycles. The van der Waals surface area contributed by atoms with E-state index in [9.17, 15) is 9.18 Å². The van der Waals surface area contributed by atoms with Crippen LogP contribution in [0.5, 0.6) is 0 Å². The molecule has 0 spiro atoms. The zero-order chi connectivity index (χ0) is 14.8. The summed E-state index contributed by atoms with van der Waals surface area (Å²) in [6, 6.07) is 6.33. The van der Waals surface area contributed by atoms with Gasteiger partial charge in [-0.1, -0.05) is 12.1 Å². The summed E-state index contributed by atoms with van der Waals surface area (Å²) in [5.74, 6) is -0.0120.